The number of hydrogen-bond donors (Lipinski definition) is 0. The average molecular weight is 200 g/mol. The molecule has 0 fully saturated rings. The minimum Gasteiger partial charge on any atom is -0.195 e. The number of nitriles is 1. The Balaban J connectivity index is 2.72. The van der Waals surface area contributed by atoms with Gasteiger partial charge >= 0.3 is 0 Å². The second-order valence-electron chi connectivity index (χ2n) is 2.48. The maximum absolute atomic E-state index is 8.54. The molecule has 62 valence electrons. The highest BCUT2D eigenvalue weighted by molar-refractivity contribution is 6.50. The van der Waals surface area contributed by atoms with Crippen molar-refractivity contribution < 1.29 is 0 Å². The summed E-state index contributed by atoms with van der Waals surface area (Å²) >= 11 is 11.3. The average Bonchev–Trinajstić information content (AvgIpc) is 2.06. The van der Waals surface area contributed by atoms with Crippen LogP contribution in [0.4, 0.5) is 0 Å². The van der Waals surface area contributed by atoms with Crippen LogP contribution >= 0.6 is 23.2 Å². The van der Waals surface area contributed by atoms with Gasteiger partial charge in [0.05, 0.1) is 0 Å². The second-order valence-corrected chi connectivity index (χ2v) is 3.96. The number of halogens is 2. The Bertz CT molecular complexity index is 287. The van der Waals surface area contributed by atoms with Crippen molar-refractivity contribution in [3.63, 3.8) is 0 Å². The molecule has 1 aromatic rings. The van der Waals surface area contributed by atoms with Crippen molar-refractivity contribution in [3.05, 3.63) is 35.9 Å². The van der Waals surface area contributed by atoms with E-state index in [0.29, 0.717) is 6.42 Å². The van der Waals surface area contributed by atoms with Crippen LogP contribution in [0.25, 0.3) is 0 Å². The minimum absolute atomic E-state index is 0.355. The Morgan fingerprint density at radius 2 is 1.83 bits per heavy atom. The van der Waals surface area contributed by atoms with Crippen LogP contribution in [0.1, 0.15) is 5.56 Å². The van der Waals surface area contributed by atoms with E-state index in [9.17, 15) is 0 Å². The predicted molar refractivity (Wildman–Crippen MR) is 50.2 cm³/mol. The molecule has 0 aromatic heterocycles. The summed E-state index contributed by atoms with van der Waals surface area (Å²) < 4.78 is -1.30. The van der Waals surface area contributed by atoms with Crippen LogP contribution < -0.4 is 0 Å². The smallest absolute Gasteiger partial charge is 0.195 e. The highest BCUT2D eigenvalue weighted by Crippen LogP contribution is 2.24. The molecule has 0 N–H and O–H groups in total. The lowest BCUT2D eigenvalue weighted by molar-refractivity contribution is 0.946. The number of benzene rings is 1. The van der Waals surface area contributed by atoms with Gasteiger partial charge in [0.1, 0.15) is 6.07 Å². The second kappa shape index (κ2) is 3.80. The zero-order valence-electron chi connectivity index (χ0n) is 6.30. The monoisotopic (exact) mass is 199 g/mol. The summed E-state index contributed by atoms with van der Waals surface area (Å²) in [5, 5.41) is 8.54. The van der Waals surface area contributed by atoms with Crippen LogP contribution in [-0.4, -0.2) is 4.33 Å². The molecule has 0 amide bonds. The van der Waals surface area contributed by atoms with Gasteiger partial charge in [-0.2, -0.15) is 5.26 Å². The molecule has 0 aliphatic heterocycles. The fourth-order valence-corrected chi connectivity index (χ4v) is 1.20. The lowest BCUT2D eigenvalue weighted by atomic mass is 10.1. The fourth-order valence-electron chi connectivity index (χ4n) is 0.892. The summed E-state index contributed by atoms with van der Waals surface area (Å²) in [6.45, 7) is 0. The van der Waals surface area contributed by atoms with E-state index in [-0.39, 0.29) is 0 Å². The molecular formula is C9H7Cl2N. The summed E-state index contributed by atoms with van der Waals surface area (Å²) in [5.41, 5.74) is 0.962. The summed E-state index contributed by atoms with van der Waals surface area (Å²) in [5.74, 6) is 0. The SMILES string of the molecule is N#CC(Cl)(Cl)Cc1ccccc1. The molecule has 3 heteroatoms. The first-order chi connectivity index (χ1) is 5.64. The normalized spacial score (nSPS) is 10.8. The highest BCUT2D eigenvalue weighted by atomic mass is 35.5. The summed E-state index contributed by atoms with van der Waals surface area (Å²) in [7, 11) is 0. The van der Waals surface area contributed by atoms with Crippen LogP contribution in [-0.2, 0) is 6.42 Å². The molecular weight excluding hydrogens is 193 g/mol. The van der Waals surface area contributed by atoms with Crippen LogP contribution in [0.5, 0.6) is 0 Å². The van der Waals surface area contributed by atoms with Crippen LogP contribution in [0, 0.1) is 11.3 Å². The predicted octanol–water partition coefficient (Wildman–Crippen LogP) is 2.93. The van der Waals surface area contributed by atoms with E-state index in [4.69, 9.17) is 28.5 Å². The van der Waals surface area contributed by atoms with Crippen molar-refractivity contribution in [2.24, 2.45) is 0 Å². The third-order valence-electron chi connectivity index (χ3n) is 1.43. The van der Waals surface area contributed by atoms with Gasteiger partial charge in [-0.05, 0) is 5.56 Å². The third-order valence-corrected chi connectivity index (χ3v) is 1.87. The van der Waals surface area contributed by atoms with E-state index in [1.54, 1.807) is 0 Å². The maximum Gasteiger partial charge on any atom is 0.207 e. The van der Waals surface area contributed by atoms with Gasteiger partial charge in [0.2, 0.25) is 4.33 Å². The van der Waals surface area contributed by atoms with E-state index in [1.807, 2.05) is 36.4 Å². The third kappa shape index (κ3) is 2.73. The summed E-state index contributed by atoms with van der Waals surface area (Å²) in [6.07, 6.45) is 0.355. The molecule has 1 nitrogen and oxygen atoms in total. The van der Waals surface area contributed by atoms with E-state index in [1.165, 1.54) is 0 Å². The number of alkyl halides is 2. The van der Waals surface area contributed by atoms with E-state index < -0.39 is 4.33 Å². The first-order valence-electron chi connectivity index (χ1n) is 3.47. The molecule has 1 aromatic carbocycles. The standard InChI is InChI=1S/C9H7Cl2N/c10-9(11,7-12)6-8-4-2-1-3-5-8/h1-5H,6H2. The molecule has 1 rings (SSSR count). The quantitative estimate of drug-likeness (QED) is 0.673. The molecule has 0 saturated heterocycles. The first kappa shape index (κ1) is 9.38. The zero-order chi connectivity index (χ0) is 9.03. The van der Waals surface area contributed by atoms with Crippen molar-refractivity contribution in [1.29, 1.82) is 5.26 Å². The van der Waals surface area contributed by atoms with Crippen molar-refractivity contribution >= 4 is 23.2 Å². The van der Waals surface area contributed by atoms with Crippen molar-refractivity contribution in [3.8, 4) is 6.07 Å². The Labute approximate surface area is 81.5 Å². The van der Waals surface area contributed by atoms with Crippen LogP contribution in [0.15, 0.2) is 30.3 Å². The van der Waals surface area contributed by atoms with Gasteiger partial charge in [-0.15, -0.1) is 0 Å². The molecule has 0 saturated carbocycles. The number of hydrogen-bond acceptors (Lipinski definition) is 1. The Hall–Kier alpha value is -0.710. The molecule has 0 heterocycles. The van der Waals surface area contributed by atoms with E-state index in [2.05, 4.69) is 0 Å². The topological polar surface area (TPSA) is 23.8 Å². The largest absolute Gasteiger partial charge is 0.207 e. The molecule has 0 aliphatic carbocycles. The van der Waals surface area contributed by atoms with Crippen LogP contribution in [0.2, 0.25) is 0 Å². The van der Waals surface area contributed by atoms with Gasteiger partial charge < -0.3 is 0 Å². The molecule has 0 atom stereocenters. The Kier molecular flexibility index (Phi) is 2.97. The molecule has 12 heavy (non-hydrogen) atoms. The Morgan fingerprint density at radius 3 is 2.33 bits per heavy atom. The maximum atomic E-state index is 8.54. The summed E-state index contributed by atoms with van der Waals surface area (Å²) in [4.78, 5) is 0. The summed E-state index contributed by atoms with van der Waals surface area (Å²) in [6, 6.07) is 11.3. The van der Waals surface area contributed by atoms with Gasteiger partial charge in [-0.25, -0.2) is 0 Å². The highest BCUT2D eigenvalue weighted by Gasteiger charge is 2.22. The zero-order valence-corrected chi connectivity index (χ0v) is 7.81. The molecule has 0 spiro atoms. The lowest BCUT2D eigenvalue weighted by Crippen LogP contribution is -2.12. The Morgan fingerprint density at radius 1 is 1.25 bits per heavy atom. The van der Waals surface area contributed by atoms with Gasteiger partial charge in [-0.3, -0.25) is 0 Å². The lowest BCUT2D eigenvalue weighted by Gasteiger charge is -2.08. The molecule has 0 unspecified atom stereocenters. The molecule has 0 radical (unpaired) electrons. The van der Waals surface area contributed by atoms with Gasteiger partial charge in [0.25, 0.3) is 0 Å². The van der Waals surface area contributed by atoms with E-state index >= 15 is 0 Å². The van der Waals surface area contributed by atoms with Crippen LogP contribution in [0.3, 0.4) is 0 Å². The van der Waals surface area contributed by atoms with Gasteiger partial charge in [-0.1, -0.05) is 53.5 Å². The van der Waals surface area contributed by atoms with Gasteiger partial charge in [0, 0.05) is 6.42 Å². The van der Waals surface area contributed by atoms with Crippen molar-refractivity contribution in [2.75, 3.05) is 0 Å². The van der Waals surface area contributed by atoms with E-state index in [0.717, 1.165) is 5.56 Å². The minimum atomic E-state index is -1.30. The number of nitrogens with zero attached hydrogens (tertiary/aromatic N) is 1. The molecule has 0 aliphatic rings. The van der Waals surface area contributed by atoms with Gasteiger partial charge in [0.15, 0.2) is 0 Å². The van der Waals surface area contributed by atoms with Crippen molar-refractivity contribution in [2.45, 2.75) is 10.8 Å². The number of rotatable bonds is 2. The first-order valence-corrected chi connectivity index (χ1v) is 4.23. The molecule has 0 bridgehead atoms. The van der Waals surface area contributed by atoms with Crippen molar-refractivity contribution in [1.82, 2.24) is 0 Å². The fraction of sp³-hybridized carbons (Fsp3) is 0.222.